The molecule has 3 atom stereocenters. The second-order valence-corrected chi connectivity index (χ2v) is 13.4. The van der Waals surface area contributed by atoms with Crippen LogP contribution in [-0.2, 0) is 30.8 Å². The molecule has 8 rings (SSSR count). The van der Waals surface area contributed by atoms with E-state index in [-0.39, 0.29) is 11.2 Å². The van der Waals surface area contributed by atoms with E-state index in [1.807, 2.05) is 42.9 Å². The van der Waals surface area contributed by atoms with E-state index in [1.54, 1.807) is 26.0 Å². The van der Waals surface area contributed by atoms with Crippen LogP contribution in [0.5, 0.6) is 11.5 Å². The van der Waals surface area contributed by atoms with Crippen LogP contribution in [0.2, 0.25) is 5.02 Å². The van der Waals surface area contributed by atoms with Gasteiger partial charge in [0.2, 0.25) is 0 Å². The van der Waals surface area contributed by atoms with Crippen LogP contribution >= 0.6 is 11.6 Å². The van der Waals surface area contributed by atoms with Gasteiger partial charge in [0.15, 0.2) is 17.3 Å². The number of ether oxygens (including phenoxy) is 2. The summed E-state index contributed by atoms with van der Waals surface area (Å²) in [6.45, 7) is 9.46. The molecule has 5 aromatic rings. The summed E-state index contributed by atoms with van der Waals surface area (Å²) in [5.74, 6) is 1.10. The Labute approximate surface area is 271 Å². The molecule has 2 aliphatic heterocycles. The van der Waals surface area contributed by atoms with Gasteiger partial charge in [0, 0.05) is 47.8 Å². The molecule has 0 bridgehead atoms. The zero-order chi connectivity index (χ0) is 31.8. The lowest BCUT2D eigenvalue weighted by Gasteiger charge is -2.32. The van der Waals surface area contributed by atoms with Gasteiger partial charge in [-0.3, -0.25) is 9.69 Å². The molecule has 2 fully saturated rings. The Hall–Kier alpha value is -4.21. The number of Topliss-reactive ketones (excluding diaryl/α,β-unsaturated/α-hetero) is 1. The Morgan fingerprint density at radius 3 is 2.76 bits per heavy atom. The van der Waals surface area contributed by atoms with E-state index in [1.165, 1.54) is 6.07 Å². The second-order valence-electron chi connectivity index (χ2n) is 13.0. The Kier molecular flexibility index (Phi) is 6.78. The first-order valence-corrected chi connectivity index (χ1v) is 16.2. The van der Waals surface area contributed by atoms with Crippen LogP contribution in [0.3, 0.4) is 0 Å². The summed E-state index contributed by atoms with van der Waals surface area (Å²) in [5.41, 5.74) is 5.09. The average Bonchev–Trinajstić information content (AvgIpc) is 3.25. The Balaban J connectivity index is 1.05. The molecule has 0 amide bonds. The highest BCUT2D eigenvalue weighted by Crippen LogP contribution is 2.63. The molecule has 2 aromatic heterocycles. The van der Waals surface area contributed by atoms with E-state index in [4.69, 9.17) is 26.1 Å². The van der Waals surface area contributed by atoms with Gasteiger partial charge >= 0.3 is 0 Å². The highest BCUT2D eigenvalue weighted by atomic mass is 35.5. The van der Waals surface area contributed by atoms with Crippen molar-refractivity contribution in [2.45, 2.75) is 64.4 Å². The molecule has 236 valence electrons. The Morgan fingerprint density at radius 2 is 1.98 bits per heavy atom. The molecule has 10 heteroatoms. The number of aryl methyl sites for hydroxylation is 1. The third-order valence-corrected chi connectivity index (χ3v) is 10.4. The number of halogens is 2. The van der Waals surface area contributed by atoms with Gasteiger partial charge in [0.05, 0.1) is 41.7 Å². The van der Waals surface area contributed by atoms with Crippen LogP contribution in [0.15, 0.2) is 67.1 Å². The van der Waals surface area contributed by atoms with Crippen molar-refractivity contribution in [3.63, 3.8) is 0 Å². The van der Waals surface area contributed by atoms with E-state index in [0.717, 1.165) is 60.6 Å². The van der Waals surface area contributed by atoms with Gasteiger partial charge in [-0.05, 0) is 81.6 Å². The van der Waals surface area contributed by atoms with Crippen molar-refractivity contribution in [2.75, 3.05) is 13.1 Å². The molecule has 1 aliphatic carbocycles. The number of hydrogen-bond donors (Lipinski definition) is 0. The molecule has 0 spiro atoms. The number of aromatic nitrogens is 4. The van der Waals surface area contributed by atoms with Crippen molar-refractivity contribution in [2.24, 2.45) is 5.92 Å². The summed E-state index contributed by atoms with van der Waals surface area (Å²) in [6, 6.07) is 16.4. The van der Waals surface area contributed by atoms with E-state index >= 15 is 0 Å². The molecular weight excluding hydrogens is 605 g/mol. The van der Waals surface area contributed by atoms with Gasteiger partial charge < -0.3 is 18.6 Å². The van der Waals surface area contributed by atoms with Gasteiger partial charge in [-0.25, -0.2) is 14.4 Å². The third kappa shape index (κ3) is 4.71. The van der Waals surface area contributed by atoms with Crippen molar-refractivity contribution < 1.29 is 18.7 Å². The molecule has 3 unspecified atom stereocenters. The molecule has 1 saturated heterocycles. The minimum atomic E-state index is -1.27. The second kappa shape index (κ2) is 10.7. The fourth-order valence-electron chi connectivity index (χ4n) is 7.60. The molecule has 8 nitrogen and oxygen atoms in total. The molecule has 1 saturated carbocycles. The minimum absolute atomic E-state index is 0.000849. The predicted octanol–water partition coefficient (Wildman–Crippen LogP) is 7.10. The number of carbonyl (C=O) groups excluding carboxylic acids is 1. The molecule has 3 aliphatic rings. The van der Waals surface area contributed by atoms with Gasteiger partial charge in [0.1, 0.15) is 11.6 Å². The summed E-state index contributed by atoms with van der Waals surface area (Å²) >= 11 is 6.02. The van der Waals surface area contributed by atoms with Crippen molar-refractivity contribution in [1.29, 1.82) is 0 Å². The summed E-state index contributed by atoms with van der Waals surface area (Å²) in [6.07, 6.45) is 5.80. The summed E-state index contributed by atoms with van der Waals surface area (Å²) in [7, 11) is 0. The first-order valence-electron chi connectivity index (χ1n) is 15.9. The lowest BCUT2D eigenvalue weighted by atomic mass is 9.86. The highest BCUT2D eigenvalue weighted by Gasteiger charge is 2.60. The number of rotatable bonds is 8. The minimum Gasteiger partial charge on any atom is -0.444 e. The Bertz CT molecular complexity index is 2020. The number of para-hydroxylation sites is 1. The number of carbonyl (C=O) groups is 1. The number of ketones is 1. The van der Waals surface area contributed by atoms with Crippen molar-refractivity contribution in [3.05, 3.63) is 106 Å². The standard InChI is InChI=1S/C36H35ClFN5O3/c1-4-42-21-39-17-26(42)19-43-31-14-23(22(2)44)8-11-30(31)40-33(43)20-41-13-12-36(16-24(36)18-41)28-6-5-7-32-34(28)46-35(3,45-32)27-10-9-25(37)15-29(27)38/h5-11,14-15,17,21,24H,4,12-13,16,18-20H2,1-3H3. The van der Waals surface area contributed by atoms with Crippen LogP contribution in [0.25, 0.3) is 11.0 Å². The lowest BCUT2D eigenvalue weighted by molar-refractivity contribution is -0.0712. The first kappa shape index (κ1) is 29.2. The van der Waals surface area contributed by atoms with E-state index in [2.05, 4.69) is 32.0 Å². The molecule has 4 heterocycles. The maximum absolute atomic E-state index is 15.0. The lowest BCUT2D eigenvalue weighted by Crippen LogP contribution is -2.37. The van der Waals surface area contributed by atoms with Crippen LogP contribution in [-0.4, -0.2) is 42.9 Å². The molecular formula is C36H35ClFN5O3. The topological polar surface area (TPSA) is 74.4 Å². The normalized spacial score (nSPS) is 23.5. The number of fused-ring (bicyclic) bond motifs is 3. The van der Waals surface area contributed by atoms with Gasteiger partial charge in [0.25, 0.3) is 5.79 Å². The van der Waals surface area contributed by atoms with Crippen molar-refractivity contribution in [3.8, 4) is 11.5 Å². The van der Waals surface area contributed by atoms with E-state index in [9.17, 15) is 9.18 Å². The van der Waals surface area contributed by atoms with Crippen LogP contribution in [0, 0.1) is 11.7 Å². The molecule has 3 aromatic carbocycles. The van der Waals surface area contributed by atoms with Crippen LogP contribution in [0.1, 0.15) is 66.6 Å². The number of nitrogens with zero attached hydrogens (tertiary/aromatic N) is 5. The molecule has 0 N–H and O–H groups in total. The number of imidazole rings is 2. The largest absolute Gasteiger partial charge is 0.444 e. The summed E-state index contributed by atoms with van der Waals surface area (Å²) in [4.78, 5) is 24.2. The van der Waals surface area contributed by atoms with Crippen molar-refractivity contribution >= 4 is 28.4 Å². The smallest absolute Gasteiger partial charge is 0.278 e. The summed E-state index contributed by atoms with van der Waals surface area (Å²) in [5, 5.41) is 0.330. The maximum Gasteiger partial charge on any atom is 0.278 e. The van der Waals surface area contributed by atoms with Crippen LogP contribution in [0.4, 0.5) is 4.39 Å². The van der Waals surface area contributed by atoms with Gasteiger partial charge in [-0.2, -0.15) is 0 Å². The maximum atomic E-state index is 15.0. The fourth-order valence-corrected chi connectivity index (χ4v) is 7.76. The average molecular weight is 640 g/mol. The number of piperidine rings is 1. The first-order chi connectivity index (χ1) is 22.2. The third-order valence-electron chi connectivity index (χ3n) is 10.2. The van der Waals surface area contributed by atoms with Gasteiger partial charge in [-0.15, -0.1) is 0 Å². The van der Waals surface area contributed by atoms with Gasteiger partial charge in [-0.1, -0.05) is 23.7 Å². The zero-order valence-electron chi connectivity index (χ0n) is 26.1. The summed E-state index contributed by atoms with van der Waals surface area (Å²) < 4.78 is 32.1. The Morgan fingerprint density at radius 1 is 1.11 bits per heavy atom. The molecule has 46 heavy (non-hydrogen) atoms. The monoisotopic (exact) mass is 639 g/mol. The van der Waals surface area contributed by atoms with Crippen LogP contribution < -0.4 is 9.47 Å². The number of likely N-dealkylation sites (tertiary alicyclic amines) is 1. The predicted molar refractivity (Wildman–Crippen MR) is 173 cm³/mol. The SMILES string of the molecule is CCn1cncc1Cn1c(CN2CCC3(c4cccc5c4OC(C)(c4ccc(Cl)cc4F)O5)CC3C2)nc2ccc(C(C)=O)cc21. The van der Waals surface area contributed by atoms with Crippen molar-refractivity contribution in [1.82, 2.24) is 24.0 Å². The zero-order valence-corrected chi connectivity index (χ0v) is 26.9. The highest BCUT2D eigenvalue weighted by molar-refractivity contribution is 6.30. The number of hydrogen-bond acceptors (Lipinski definition) is 6. The molecule has 0 radical (unpaired) electrons. The number of benzene rings is 3. The quantitative estimate of drug-likeness (QED) is 0.169. The van der Waals surface area contributed by atoms with E-state index < -0.39 is 11.6 Å². The fraction of sp³-hybridized carbons (Fsp3) is 0.361. The van der Waals surface area contributed by atoms with E-state index in [0.29, 0.717) is 46.7 Å².